The number of carbonyl (C=O) groups excluding carboxylic acids is 2. The molecule has 0 fully saturated rings. The van der Waals surface area contributed by atoms with Gasteiger partial charge in [0.1, 0.15) is 17.1 Å². The number of hydrogen-bond acceptors (Lipinski definition) is 5. The van der Waals surface area contributed by atoms with E-state index >= 15 is 0 Å². The zero-order valence-electron chi connectivity index (χ0n) is 15.9. The van der Waals surface area contributed by atoms with Gasteiger partial charge in [-0.25, -0.2) is 4.98 Å². The van der Waals surface area contributed by atoms with Crippen molar-refractivity contribution in [1.29, 1.82) is 0 Å². The highest BCUT2D eigenvalue weighted by molar-refractivity contribution is 7.22. The summed E-state index contributed by atoms with van der Waals surface area (Å²) in [5, 5.41) is 2.81. The third-order valence-electron chi connectivity index (χ3n) is 4.70. The van der Waals surface area contributed by atoms with Gasteiger partial charge in [0.25, 0.3) is 11.5 Å². The molecule has 29 heavy (non-hydrogen) atoms. The Balaban J connectivity index is 1.62. The summed E-state index contributed by atoms with van der Waals surface area (Å²) in [6.45, 7) is 1.60. The van der Waals surface area contributed by atoms with Crippen LogP contribution in [-0.4, -0.2) is 25.9 Å². The van der Waals surface area contributed by atoms with Crippen LogP contribution in [0.5, 0.6) is 0 Å². The molecule has 3 aromatic heterocycles. The minimum Gasteiger partial charge on any atom is -0.347 e. The average molecular weight is 406 g/mol. The van der Waals surface area contributed by atoms with E-state index in [9.17, 15) is 14.4 Å². The topological polar surface area (TPSA) is 86.0 Å². The Hall–Kier alpha value is -3.52. The molecule has 0 aliphatic rings. The number of aryl methyl sites for hydroxylation is 2. The number of nitrogens with zero attached hydrogens (tertiary/aromatic N) is 3. The van der Waals surface area contributed by atoms with Gasteiger partial charge < -0.3 is 4.57 Å². The minimum atomic E-state index is -0.574. The third kappa shape index (κ3) is 3.50. The maximum Gasteiger partial charge on any atom is 0.274 e. The Kier molecular flexibility index (Phi) is 4.85. The lowest BCUT2D eigenvalue weighted by atomic mass is 10.1. The molecule has 0 radical (unpaired) electrons. The molecule has 0 aliphatic heterocycles. The molecule has 8 heteroatoms. The standard InChI is InChI=1S/C21H18N4O3S/c1-13-17-20(29-18(13)14-7-4-3-5-8-14)22-12-25(21(17)28)11-16(26)23-19(27)15-9-6-10-24(15)2/h3-10,12H,11H2,1-2H3,(H,23,26,27). The van der Waals surface area contributed by atoms with Crippen LogP contribution in [0.25, 0.3) is 20.7 Å². The van der Waals surface area contributed by atoms with Crippen LogP contribution in [0.1, 0.15) is 16.1 Å². The quantitative estimate of drug-likeness (QED) is 0.565. The predicted molar refractivity (Wildman–Crippen MR) is 112 cm³/mol. The zero-order chi connectivity index (χ0) is 20.5. The van der Waals surface area contributed by atoms with Crippen molar-refractivity contribution < 1.29 is 9.59 Å². The molecule has 0 bridgehead atoms. The second kappa shape index (κ2) is 7.48. The molecule has 7 nitrogen and oxygen atoms in total. The van der Waals surface area contributed by atoms with Crippen LogP contribution < -0.4 is 10.9 Å². The van der Waals surface area contributed by atoms with Gasteiger partial charge in [0.2, 0.25) is 5.91 Å². The Morgan fingerprint density at radius 1 is 1.14 bits per heavy atom. The van der Waals surface area contributed by atoms with Crippen molar-refractivity contribution in [3.63, 3.8) is 0 Å². The number of benzene rings is 1. The Morgan fingerprint density at radius 3 is 2.59 bits per heavy atom. The fourth-order valence-electron chi connectivity index (χ4n) is 3.22. The SMILES string of the molecule is Cc1c(-c2ccccc2)sc2ncn(CC(=O)NC(=O)c3cccn3C)c(=O)c12. The molecule has 0 atom stereocenters. The molecule has 0 saturated carbocycles. The Bertz CT molecular complexity index is 1280. The van der Waals surface area contributed by atoms with E-state index < -0.39 is 11.8 Å². The van der Waals surface area contributed by atoms with Gasteiger partial charge in [-0.15, -0.1) is 11.3 Å². The van der Waals surface area contributed by atoms with Crippen LogP contribution in [0.4, 0.5) is 0 Å². The number of carbonyl (C=O) groups is 2. The summed E-state index contributed by atoms with van der Waals surface area (Å²) in [4.78, 5) is 43.4. The Morgan fingerprint density at radius 2 is 1.90 bits per heavy atom. The van der Waals surface area contributed by atoms with Crippen LogP contribution in [0, 0.1) is 6.92 Å². The lowest BCUT2D eigenvalue weighted by Gasteiger charge is -2.07. The fraction of sp³-hybridized carbons (Fsp3) is 0.143. The molecule has 0 aliphatic carbocycles. The molecule has 2 amide bonds. The van der Waals surface area contributed by atoms with E-state index in [1.165, 1.54) is 22.2 Å². The van der Waals surface area contributed by atoms with Crippen molar-refractivity contribution in [3.05, 3.63) is 76.6 Å². The molecule has 0 spiro atoms. The lowest BCUT2D eigenvalue weighted by molar-refractivity contribution is -0.120. The number of rotatable bonds is 4. The van der Waals surface area contributed by atoms with Crippen molar-refractivity contribution in [1.82, 2.24) is 19.4 Å². The average Bonchev–Trinajstić information content (AvgIpc) is 3.28. The first-order valence-electron chi connectivity index (χ1n) is 8.95. The second-order valence-electron chi connectivity index (χ2n) is 6.66. The number of imide groups is 1. The van der Waals surface area contributed by atoms with Crippen molar-refractivity contribution in [3.8, 4) is 10.4 Å². The van der Waals surface area contributed by atoms with E-state index in [1.807, 2.05) is 37.3 Å². The molecule has 0 unspecified atom stereocenters. The largest absolute Gasteiger partial charge is 0.347 e. The maximum absolute atomic E-state index is 13.0. The summed E-state index contributed by atoms with van der Waals surface area (Å²) in [7, 11) is 1.71. The van der Waals surface area contributed by atoms with Crippen molar-refractivity contribution in [2.24, 2.45) is 7.05 Å². The highest BCUT2D eigenvalue weighted by Gasteiger charge is 2.18. The van der Waals surface area contributed by atoms with Gasteiger partial charge in [-0.05, 0) is 30.2 Å². The van der Waals surface area contributed by atoms with Crippen LogP contribution in [-0.2, 0) is 18.4 Å². The smallest absolute Gasteiger partial charge is 0.274 e. The summed E-state index contributed by atoms with van der Waals surface area (Å²) < 4.78 is 2.84. The molecule has 4 aromatic rings. The van der Waals surface area contributed by atoms with E-state index in [0.29, 0.717) is 15.9 Å². The number of nitrogens with one attached hydrogen (secondary N) is 1. The molecular formula is C21H18N4O3S. The number of fused-ring (bicyclic) bond motifs is 1. The Labute approximate surface area is 170 Å². The molecule has 1 aromatic carbocycles. The van der Waals surface area contributed by atoms with E-state index in [1.54, 1.807) is 29.9 Å². The van der Waals surface area contributed by atoms with E-state index in [2.05, 4.69) is 10.3 Å². The zero-order valence-corrected chi connectivity index (χ0v) is 16.7. The number of hydrogen-bond donors (Lipinski definition) is 1. The minimum absolute atomic E-state index is 0.284. The maximum atomic E-state index is 13.0. The second-order valence-corrected chi connectivity index (χ2v) is 7.66. The normalized spacial score (nSPS) is 11.0. The van der Waals surface area contributed by atoms with Crippen LogP contribution >= 0.6 is 11.3 Å². The van der Waals surface area contributed by atoms with Crippen LogP contribution in [0.15, 0.2) is 59.8 Å². The first-order valence-corrected chi connectivity index (χ1v) is 9.77. The summed E-state index contributed by atoms with van der Waals surface area (Å²) in [6.07, 6.45) is 3.06. The van der Waals surface area contributed by atoms with Gasteiger partial charge in [-0.1, -0.05) is 30.3 Å². The summed E-state index contributed by atoms with van der Waals surface area (Å²) in [5.74, 6) is -1.08. The van der Waals surface area contributed by atoms with Crippen molar-refractivity contribution in [2.45, 2.75) is 13.5 Å². The van der Waals surface area contributed by atoms with Gasteiger partial charge >= 0.3 is 0 Å². The molecular weight excluding hydrogens is 388 g/mol. The van der Waals surface area contributed by atoms with Crippen LogP contribution in [0.3, 0.4) is 0 Å². The molecule has 1 N–H and O–H groups in total. The van der Waals surface area contributed by atoms with Crippen LogP contribution in [0.2, 0.25) is 0 Å². The van der Waals surface area contributed by atoms with Gasteiger partial charge in [0.15, 0.2) is 0 Å². The first kappa shape index (κ1) is 18.8. The molecule has 3 heterocycles. The molecule has 0 saturated heterocycles. The van der Waals surface area contributed by atoms with E-state index in [0.717, 1.165) is 16.0 Å². The fourth-order valence-corrected chi connectivity index (χ4v) is 4.36. The summed E-state index contributed by atoms with van der Waals surface area (Å²) in [5.41, 5.74) is 1.92. The van der Waals surface area contributed by atoms with Gasteiger partial charge in [-0.3, -0.25) is 24.3 Å². The molecule has 146 valence electrons. The van der Waals surface area contributed by atoms with E-state index in [4.69, 9.17) is 0 Å². The van der Waals surface area contributed by atoms with Crippen molar-refractivity contribution in [2.75, 3.05) is 0 Å². The lowest BCUT2D eigenvalue weighted by Crippen LogP contribution is -2.36. The summed E-state index contributed by atoms with van der Waals surface area (Å²) in [6, 6.07) is 13.1. The monoisotopic (exact) mass is 406 g/mol. The third-order valence-corrected chi connectivity index (χ3v) is 5.95. The highest BCUT2D eigenvalue weighted by Crippen LogP contribution is 2.35. The number of aromatic nitrogens is 3. The van der Waals surface area contributed by atoms with Crippen molar-refractivity contribution >= 4 is 33.4 Å². The number of amides is 2. The highest BCUT2D eigenvalue weighted by atomic mass is 32.1. The van der Waals surface area contributed by atoms with Gasteiger partial charge in [-0.2, -0.15) is 0 Å². The molecule has 4 rings (SSSR count). The van der Waals surface area contributed by atoms with E-state index in [-0.39, 0.29) is 12.1 Å². The predicted octanol–water partition coefficient (Wildman–Crippen LogP) is 2.73. The van der Waals surface area contributed by atoms with Gasteiger partial charge in [0, 0.05) is 18.1 Å². The van der Waals surface area contributed by atoms with Gasteiger partial charge in [0.05, 0.1) is 11.7 Å². The number of thiophene rings is 1. The first-order chi connectivity index (χ1) is 14.0. The summed E-state index contributed by atoms with van der Waals surface area (Å²) >= 11 is 1.45.